The van der Waals surface area contributed by atoms with Crippen molar-refractivity contribution in [2.75, 3.05) is 19.8 Å². The van der Waals surface area contributed by atoms with E-state index in [1.54, 1.807) is 24.3 Å². The molecule has 136 heavy (non-hydrogen) atoms. The average Bonchev–Trinajstić information content (AvgIpc) is 0.755. The first kappa shape index (κ1) is 95.5. The van der Waals surface area contributed by atoms with Crippen LogP contribution in [0.1, 0.15) is 87.7 Å². The minimum atomic E-state index is -2.60. The number of nitrogens with two attached hydrogens (primary N) is 1. The van der Waals surface area contributed by atoms with Gasteiger partial charge in [0.15, 0.2) is 35.3 Å². The van der Waals surface area contributed by atoms with Crippen molar-refractivity contribution in [1.82, 2.24) is 42.5 Å². The van der Waals surface area contributed by atoms with Crippen LogP contribution in [0.25, 0.3) is 22.3 Å². The lowest BCUT2D eigenvalue weighted by Gasteiger charge is -2.44. The zero-order valence-electron chi connectivity index (χ0n) is 70.9. The van der Waals surface area contributed by atoms with Crippen molar-refractivity contribution in [3.8, 4) is 91.2 Å². The average molecular weight is 1920 g/mol. The number of hydrogen-bond donors (Lipinski definition) is 24. The van der Waals surface area contributed by atoms with Crippen LogP contribution in [0.3, 0.4) is 0 Å². The Labute approximate surface area is 778 Å². The predicted molar refractivity (Wildman–Crippen MR) is 466 cm³/mol. The molecule has 3 saturated heterocycles. The summed E-state index contributed by atoms with van der Waals surface area (Å²) in [4.78, 5) is 139. The summed E-state index contributed by atoms with van der Waals surface area (Å²) in [5.41, 5.74) is 4.78. The second kappa shape index (κ2) is 39.7. The van der Waals surface area contributed by atoms with Crippen LogP contribution in [0.2, 0.25) is 10.0 Å². The summed E-state index contributed by atoms with van der Waals surface area (Å²) in [6.45, 7) is -2.22. The zero-order valence-corrected chi connectivity index (χ0v) is 72.4. The van der Waals surface area contributed by atoms with Crippen LogP contribution in [0, 0.1) is 0 Å². The number of aromatic hydroxyl groups is 4. The van der Waals surface area contributed by atoms with E-state index < -0.39 is 322 Å². The molecule has 6 unspecified atom stereocenters. The number of aliphatic hydroxyl groups is 10. The van der Waals surface area contributed by atoms with Crippen LogP contribution in [-0.4, -0.2) is 254 Å². The predicted octanol–water partition coefficient (Wildman–Crippen LogP) is 0.933. The van der Waals surface area contributed by atoms with Crippen molar-refractivity contribution in [2.24, 2.45) is 5.73 Å². The normalized spacial score (nSPS) is 28.3. The van der Waals surface area contributed by atoms with Gasteiger partial charge in [-0.25, -0.2) is 4.79 Å². The molecule has 0 radical (unpaired) electrons. The number of fused-ring (bicyclic) bond motifs is 14. The summed E-state index contributed by atoms with van der Waals surface area (Å²) < 4.78 is 57.6. The summed E-state index contributed by atoms with van der Waals surface area (Å²) >= 11 is 14.8. The van der Waals surface area contributed by atoms with Crippen LogP contribution in [-0.2, 0) is 74.9 Å². The molecule has 17 bridgehead atoms. The molecule has 3 fully saturated rings. The Bertz CT molecular complexity index is 6150. The van der Waals surface area contributed by atoms with Gasteiger partial charge in [0.25, 0.3) is 0 Å². The number of halogens is 2. The molecule has 0 saturated carbocycles. The molecule has 42 nitrogen and oxygen atoms in total. The topological polar surface area (TPSA) is 662 Å². The zero-order chi connectivity index (χ0) is 96.8. The lowest BCUT2D eigenvalue weighted by molar-refractivity contribution is -0.284. The summed E-state index contributed by atoms with van der Waals surface area (Å²) in [6, 6.07) is 16.4. The fraction of sp³-hybridized carbons (Fsp3) is 0.315. The van der Waals surface area contributed by atoms with Gasteiger partial charge in [-0.05, 0) is 129 Å². The molecule has 714 valence electrons. The molecule has 9 aromatic rings. The molecule has 23 atom stereocenters. The Hall–Kier alpha value is -13.6. The number of aliphatic carboxylic acids is 1. The number of carbonyl (C=O) groups is 9. The maximum absolute atomic E-state index is 17.1. The third-order valence-electron chi connectivity index (χ3n) is 23.9. The van der Waals surface area contributed by atoms with E-state index in [1.807, 2.05) is 30.3 Å². The minimum Gasteiger partial charge on any atom is -0.508 e. The number of aliphatic hydroxyl groups excluding tert-OH is 10. The maximum atomic E-state index is 17.1. The number of nitrogens with one attached hydrogen (secondary N) is 8. The van der Waals surface area contributed by atoms with E-state index in [-0.39, 0.29) is 33.4 Å². The minimum absolute atomic E-state index is 0.0200. The summed E-state index contributed by atoms with van der Waals surface area (Å²) in [5, 5.41) is 191. The van der Waals surface area contributed by atoms with E-state index in [0.717, 1.165) is 103 Å². The van der Waals surface area contributed by atoms with Crippen molar-refractivity contribution in [2.45, 2.75) is 160 Å². The number of phenols is 4. The van der Waals surface area contributed by atoms with Crippen molar-refractivity contribution < 1.29 is 162 Å². The second-order valence-corrected chi connectivity index (χ2v) is 33.9. The Morgan fingerprint density at radius 2 is 1.02 bits per heavy atom. The second-order valence-electron chi connectivity index (χ2n) is 33.1. The van der Waals surface area contributed by atoms with Crippen molar-refractivity contribution in [3.05, 3.63) is 224 Å². The molecule has 25 N–H and O–H groups in total. The van der Waals surface area contributed by atoms with E-state index in [2.05, 4.69) is 42.5 Å². The molecular weight excluding hydrogens is 1830 g/mol. The molecular formula is C92H89Cl2N9O33. The Morgan fingerprint density at radius 3 is 1.65 bits per heavy atom. The van der Waals surface area contributed by atoms with E-state index in [0.29, 0.717) is 5.56 Å². The van der Waals surface area contributed by atoms with Gasteiger partial charge in [-0.2, -0.15) is 0 Å². The van der Waals surface area contributed by atoms with Gasteiger partial charge < -0.3 is 167 Å². The standard InChI is InChI=1S/C92H89Cl2N9O33/c1-35(107)96-71-77(116)74(113)61(32-104)132-90(71)135-81-42-14-18-56(51(94)25-42)130-60-28-44-27-59(82(60)136-91-72(78(117)75(114)62(33-105)133-91)98-64(112)21-36-7-10-39(11-8-36)38-5-3-2-4-6-38)129-55-17-9-37(19-50(55)93)20-52-83(120)99-68(43-22-45(108)29-47(23-43)128-57-26-40(12-16-54(57)111)66(95)84(121)97-52)86(123)101-69(44)87(124)100-67-41-13-15-53(110)48(24-41)65-49(70(89(126)127)102-88(125)73(81)103-85(67)122)30-46(109)31-58(65)131-92-80(119)79(118)76(115)63(34-106)134-92/h2-19,22-31,52,61-63,66-81,90-92,104-106,108-111,113-119H,20-21,32-34,95H2,1H3,(H,96,107)(H,97,121)(H,98,112)(H,99,120)(H,100,124)(H,101,123)(H,102,125)(H,103,122)(H,126,127)/t52-,61?,62?,63?,66-,67-,68+,69-,70+,71+,72?,73+,74-,75-,76-,77?,78-,79-,80?,81-,90+,91+,92+/m1/s1. The first-order chi connectivity index (χ1) is 65.0. The smallest absolute Gasteiger partial charge is 0.330 e. The largest absolute Gasteiger partial charge is 0.508 e. The number of amides is 8. The quantitative estimate of drug-likeness (QED) is 0.0679. The van der Waals surface area contributed by atoms with E-state index in [1.165, 1.54) is 30.3 Å². The number of hydrogen-bond acceptors (Lipinski definition) is 33. The highest BCUT2D eigenvalue weighted by atomic mass is 35.5. The molecule has 0 aliphatic carbocycles. The van der Waals surface area contributed by atoms with Gasteiger partial charge in [-0.3, -0.25) is 38.4 Å². The Kier molecular flexibility index (Phi) is 27.9. The van der Waals surface area contributed by atoms with Gasteiger partial charge in [-0.1, -0.05) is 102 Å². The fourth-order valence-corrected chi connectivity index (χ4v) is 17.4. The molecule has 9 aromatic carbocycles. The highest BCUT2D eigenvalue weighted by Gasteiger charge is 2.52. The number of benzene rings is 9. The van der Waals surface area contributed by atoms with E-state index in [9.17, 15) is 95.8 Å². The highest BCUT2D eigenvalue weighted by Crippen LogP contribution is 2.51. The maximum Gasteiger partial charge on any atom is 0.330 e. The number of carboxylic acids is 1. The van der Waals surface area contributed by atoms with E-state index >= 15 is 24.0 Å². The van der Waals surface area contributed by atoms with Crippen LogP contribution < -0.4 is 72.0 Å². The monoisotopic (exact) mass is 1920 g/mol. The third-order valence-corrected chi connectivity index (χ3v) is 24.5. The first-order valence-electron chi connectivity index (χ1n) is 42.2. The van der Waals surface area contributed by atoms with Gasteiger partial charge in [-0.15, -0.1) is 0 Å². The molecule has 8 amide bonds. The number of ether oxygens (including phenoxy) is 9. The number of phenolic OH excluding ortho intramolecular Hbond substituents is 4. The highest BCUT2D eigenvalue weighted by molar-refractivity contribution is 6.32. The Morgan fingerprint density at radius 1 is 0.471 bits per heavy atom. The van der Waals surface area contributed by atoms with Gasteiger partial charge in [0, 0.05) is 42.2 Å². The molecule has 9 aliphatic rings. The number of rotatable bonds is 15. The number of carboxylic acid groups (broad SMARTS) is 1. The summed E-state index contributed by atoms with van der Waals surface area (Å²) in [5.74, 6) is -19.9. The third kappa shape index (κ3) is 19.8. The molecule has 18 rings (SSSR count). The fourth-order valence-electron chi connectivity index (χ4n) is 16.9. The van der Waals surface area contributed by atoms with Gasteiger partial charge in [0.2, 0.25) is 65.6 Å². The molecule has 0 aromatic heterocycles. The van der Waals surface area contributed by atoms with Crippen molar-refractivity contribution in [3.63, 3.8) is 0 Å². The molecule has 9 heterocycles. The lowest BCUT2D eigenvalue weighted by atomic mass is 9.89. The molecule has 9 aliphatic heterocycles. The molecule has 0 spiro atoms. The first-order valence-corrected chi connectivity index (χ1v) is 43.0. The van der Waals surface area contributed by atoms with Gasteiger partial charge in [0.05, 0.1) is 36.3 Å². The van der Waals surface area contributed by atoms with Gasteiger partial charge in [0.1, 0.15) is 156 Å². The molecule has 44 heteroatoms. The van der Waals surface area contributed by atoms with Crippen molar-refractivity contribution in [1.29, 1.82) is 0 Å². The Balaban J connectivity index is 0.943. The SMILES string of the molecule is CC(=O)N[C@H]1C(O)[C@H](O)C(CO)O[C@H]1O[C@@H]1c2ccc(c(Cl)c2)Oc2cc3cc(c2O[C@@H]2OC(CO)[C@@H](O)[C@H](O)C2NC(=O)Cc2ccc(-c4ccccc4)cc2)Oc2ccc(cc2Cl)C[C@H]2NC(=O)[C@H](N)c4ccc(O)c(c4)Oc4cc(O)cc(c4)[C@H](NC2=O)C(=O)N[C@H]3C(=O)N[C@H]2C(=O)N[C@@H]1C(=O)N[C@H](C(=O)O)c1cc(O)cc(O[C@H]3OC(CO)[C@@H](O)[C@@H](O)C3O)c1-c1cc2ccc1O. The van der Waals surface area contributed by atoms with Gasteiger partial charge >= 0.3 is 5.97 Å². The summed E-state index contributed by atoms with van der Waals surface area (Å²) in [6.07, 6.45) is -30.0. The lowest BCUT2D eigenvalue weighted by Crippen LogP contribution is -2.65. The van der Waals surface area contributed by atoms with Crippen LogP contribution in [0.15, 0.2) is 170 Å². The summed E-state index contributed by atoms with van der Waals surface area (Å²) in [7, 11) is 0. The van der Waals surface area contributed by atoms with Crippen LogP contribution in [0.4, 0.5) is 0 Å². The van der Waals surface area contributed by atoms with Crippen LogP contribution >= 0.6 is 23.2 Å². The van der Waals surface area contributed by atoms with Crippen LogP contribution in [0.5, 0.6) is 69.0 Å². The number of carbonyl (C=O) groups excluding carboxylic acids is 8. The van der Waals surface area contributed by atoms with Crippen molar-refractivity contribution >= 4 is 76.4 Å². The van der Waals surface area contributed by atoms with E-state index in [4.69, 9.17) is 71.6 Å².